The van der Waals surface area contributed by atoms with Crippen LogP contribution in [0.25, 0.3) is 0 Å². The van der Waals surface area contributed by atoms with Gasteiger partial charge in [0.15, 0.2) is 0 Å². The largest absolute Gasteiger partial charge is 0.496 e. The highest BCUT2D eigenvalue weighted by Gasteiger charge is 2.21. The molecule has 1 N–H and O–H groups in total. The molecule has 5 heteroatoms. The van der Waals surface area contributed by atoms with E-state index < -0.39 is 6.09 Å². The summed E-state index contributed by atoms with van der Waals surface area (Å²) < 4.78 is 5.45. The number of hydrogen-bond acceptors (Lipinski definition) is 3. The van der Waals surface area contributed by atoms with E-state index in [1.165, 1.54) is 16.0 Å². The van der Waals surface area contributed by atoms with Gasteiger partial charge >= 0.3 is 6.09 Å². The molecule has 5 nitrogen and oxygen atoms in total. The molecule has 1 amide bonds. The Labute approximate surface area is 126 Å². The van der Waals surface area contributed by atoms with Crippen molar-refractivity contribution < 1.29 is 14.6 Å². The number of carbonyl (C=O) groups is 1. The lowest BCUT2D eigenvalue weighted by atomic mass is 10.00. The van der Waals surface area contributed by atoms with E-state index in [0.29, 0.717) is 19.0 Å². The molecule has 1 aliphatic heterocycles. The number of rotatable bonds is 4. The zero-order valence-electron chi connectivity index (χ0n) is 13.0. The maximum absolute atomic E-state index is 10.9. The van der Waals surface area contributed by atoms with Gasteiger partial charge in [-0.25, -0.2) is 4.79 Å². The lowest BCUT2D eigenvalue weighted by molar-refractivity contribution is 0.102. The molecule has 0 atom stereocenters. The van der Waals surface area contributed by atoms with E-state index in [-0.39, 0.29) is 0 Å². The zero-order chi connectivity index (χ0) is 15.4. The van der Waals surface area contributed by atoms with E-state index >= 15 is 0 Å². The number of benzene rings is 1. The lowest BCUT2D eigenvalue weighted by Crippen LogP contribution is -2.47. The van der Waals surface area contributed by atoms with Crippen LogP contribution in [0.15, 0.2) is 18.2 Å². The van der Waals surface area contributed by atoms with E-state index in [4.69, 9.17) is 9.84 Å². The summed E-state index contributed by atoms with van der Waals surface area (Å²) in [4.78, 5) is 14.7. The van der Waals surface area contributed by atoms with Crippen LogP contribution in [0, 0.1) is 0 Å². The first kappa shape index (κ1) is 15.6. The van der Waals surface area contributed by atoms with Crippen molar-refractivity contribution in [1.82, 2.24) is 9.80 Å². The maximum Gasteiger partial charge on any atom is 0.407 e. The lowest BCUT2D eigenvalue weighted by Gasteiger charge is -2.33. The minimum Gasteiger partial charge on any atom is -0.496 e. The second kappa shape index (κ2) is 6.80. The molecule has 1 saturated heterocycles. The standard InChI is InChI=1S/C16H24N2O3/c1-12(2)13-4-5-15(21-3)14(10-13)11-17-6-8-18(9-7-17)16(19)20/h4-5,10,12H,6-9,11H2,1-3H3,(H,19,20). The average molecular weight is 292 g/mol. The SMILES string of the molecule is COc1ccc(C(C)C)cc1CN1CCN(C(=O)O)CC1. The van der Waals surface area contributed by atoms with Crippen molar-refractivity contribution >= 4 is 6.09 Å². The van der Waals surface area contributed by atoms with Crippen LogP contribution in [-0.2, 0) is 6.54 Å². The van der Waals surface area contributed by atoms with Gasteiger partial charge in [-0.15, -0.1) is 0 Å². The number of amides is 1. The summed E-state index contributed by atoms with van der Waals surface area (Å²) in [5.41, 5.74) is 2.47. The van der Waals surface area contributed by atoms with Crippen molar-refractivity contribution in [3.05, 3.63) is 29.3 Å². The third kappa shape index (κ3) is 3.88. The summed E-state index contributed by atoms with van der Waals surface area (Å²) in [6.07, 6.45) is -0.825. The fourth-order valence-electron chi connectivity index (χ4n) is 2.62. The highest BCUT2D eigenvalue weighted by molar-refractivity contribution is 5.65. The van der Waals surface area contributed by atoms with Crippen LogP contribution in [-0.4, -0.2) is 54.3 Å². The van der Waals surface area contributed by atoms with Crippen LogP contribution in [0.5, 0.6) is 5.75 Å². The van der Waals surface area contributed by atoms with E-state index in [1.807, 2.05) is 6.07 Å². The molecule has 0 radical (unpaired) electrons. The Bertz CT molecular complexity index is 494. The number of ether oxygens (including phenoxy) is 1. The molecule has 1 fully saturated rings. The summed E-state index contributed by atoms with van der Waals surface area (Å²) in [7, 11) is 1.69. The van der Waals surface area contributed by atoms with Gasteiger partial charge in [0.05, 0.1) is 7.11 Å². The molecule has 0 bridgehead atoms. The van der Waals surface area contributed by atoms with Gasteiger partial charge in [-0.3, -0.25) is 4.90 Å². The van der Waals surface area contributed by atoms with E-state index in [9.17, 15) is 4.79 Å². The monoisotopic (exact) mass is 292 g/mol. The molecule has 2 rings (SSSR count). The van der Waals surface area contributed by atoms with Gasteiger partial charge in [-0.05, 0) is 17.5 Å². The zero-order valence-corrected chi connectivity index (χ0v) is 13.0. The summed E-state index contributed by atoms with van der Waals surface area (Å²) in [6.45, 7) is 7.83. The van der Waals surface area contributed by atoms with Crippen LogP contribution in [0.3, 0.4) is 0 Å². The Morgan fingerprint density at radius 3 is 2.48 bits per heavy atom. The Balaban J connectivity index is 2.05. The van der Waals surface area contributed by atoms with E-state index in [0.717, 1.165) is 25.4 Å². The summed E-state index contributed by atoms with van der Waals surface area (Å²) in [5, 5.41) is 8.98. The highest BCUT2D eigenvalue weighted by Crippen LogP contribution is 2.25. The summed E-state index contributed by atoms with van der Waals surface area (Å²) in [5.74, 6) is 1.39. The molecule has 0 aliphatic carbocycles. The molecule has 21 heavy (non-hydrogen) atoms. The molecule has 0 unspecified atom stereocenters. The maximum atomic E-state index is 10.9. The average Bonchev–Trinajstić information content (AvgIpc) is 2.47. The van der Waals surface area contributed by atoms with Crippen LogP contribution in [0.4, 0.5) is 4.79 Å². The summed E-state index contributed by atoms with van der Waals surface area (Å²) >= 11 is 0. The molecule has 1 aromatic carbocycles. The van der Waals surface area contributed by atoms with Gasteiger partial charge in [-0.2, -0.15) is 0 Å². The highest BCUT2D eigenvalue weighted by atomic mass is 16.5. The normalized spacial score (nSPS) is 16.3. The predicted molar refractivity (Wildman–Crippen MR) is 82.0 cm³/mol. The first-order chi connectivity index (χ1) is 10.0. The van der Waals surface area contributed by atoms with E-state index in [2.05, 4.69) is 30.9 Å². The number of carboxylic acid groups (broad SMARTS) is 1. The van der Waals surface area contributed by atoms with Crippen LogP contribution in [0.2, 0.25) is 0 Å². The van der Waals surface area contributed by atoms with Crippen molar-refractivity contribution in [2.45, 2.75) is 26.3 Å². The van der Waals surface area contributed by atoms with Gasteiger partial charge < -0.3 is 14.7 Å². The van der Waals surface area contributed by atoms with Crippen molar-refractivity contribution in [3.63, 3.8) is 0 Å². The molecule has 116 valence electrons. The Morgan fingerprint density at radius 1 is 1.29 bits per heavy atom. The topological polar surface area (TPSA) is 53.0 Å². The van der Waals surface area contributed by atoms with Crippen LogP contribution < -0.4 is 4.74 Å². The second-order valence-electron chi connectivity index (χ2n) is 5.77. The number of nitrogens with zero attached hydrogens (tertiary/aromatic N) is 2. The Morgan fingerprint density at radius 2 is 1.95 bits per heavy atom. The molecule has 0 saturated carbocycles. The quantitative estimate of drug-likeness (QED) is 0.927. The number of hydrogen-bond donors (Lipinski definition) is 1. The minimum absolute atomic E-state index is 0.485. The molecule has 1 aliphatic rings. The first-order valence-corrected chi connectivity index (χ1v) is 7.38. The molecule has 0 spiro atoms. The fourth-order valence-corrected chi connectivity index (χ4v) is 2.62. The van der Waals surface area contributed by atoms with E-state index in [1.54, 1.807) is 7.11 Å². The van der Waals surface area contributed by atoms with Gasteiger partial charge in [-0.1, -0.05) is 26.0 Å². The van der Waals surface area contributed by atoms with Crippen molar-refractivity contribution in [1.29, 1.82) is 0 Å². The van der Waals surface area contributed by atoms with Crippen molar-refractivity contribution in [2.75, 3.05) is 33.3 Å². The van der Waals surface area contributed by atoms with Crippen LogP contribution in [0.1, 0.15) is 30.9 Å². The van der Waals surface area contributed by atoms with Gasteiger partial charge in [0.2, 0.25) is 0 Å². The smallest absolute Gasteiger partial charge is 0.407 e. The molecular weight excluding hydrogens is 268 g/mol. The second-order valence-corrected chi connectivity index (χ2v) is 5.77. The molecule has 0 aromatic heterocycles. The molecule has 1 aromatic rings. The fraction of sp³-hybridized carbons (Fsp3) is 0.562. The van der Waals surface area contributed by atoms with Gasteiger partial charge in [0.1, 0.15) is 5.75 Å². The third-order valence-electron chi connectivity index (χ3n) is 4.01. The third-order valence-corrected chi connectivity index (χ3v) is 4.01. The minimum atomic E-state index is -0.825. The van der Waals surface area contributed by atoms with Gasteiger partial charge in [0, 0.05) is 38.3 Å². The number of methoxy groups -OCH3 is 1. The first-order valence-electron chi connectivity index (χ1n) is 7.38. The van der Waals surface area contributed by atoms with Crippen LogP contribution >= 0.6 is 0 Å². The van der Waals surface area contributed by atoms with Crippen molar-refractivity contribution in [3.8, 4) is 5.75 Å². The van der Waals surface area contributed by atoms with Crippen molar-refractivity contribution in [2.24, 2.45) is 0 Å². The summed E-state index contributed by atoms with van der Waals surface area (Å²) in [6, 6.07) is 6.33. The molecule has 1 heterocycles. The Hall–Kier alpha value is -1.75. The molecular formula is C16H24N2O3. The predicted octanol–water partition coefficient (Wildman–Crippen LogP) is 2.61. The number of piperazine rings is 1. The van der Waals surface area contributed by atoms with Gasteiger partial charge in [0.25, 0.3) is 0 Å². The Kier molecular flexibility index (Phi) is 5.07.